The van der Waals surface area contributed by atoms with E-state index in [-0.39, 0.29) is 23.3 Å². The summed E-state index contributed by atoms with van der Waals surface area (Å²) in [7, 11) is 1.81. The molecule has 0 spiro atoms. The molecular formula is C26H36N2O3. The van der Waals surface area contributed by atoms with Gasteiger partial charge in [0.2, 0.25) is 0 Å². The van der Waals surface area contributed by atoms with Crippen LogP contribution in [0.15, 0.2) is 48.5 Å². The van der Waals surface area contributed by atoms with Gasteiger partial charge in [-0.2, -0.15) is 0 Å². The Morgan fingerprint density at radius 3 is 1.90 bits per heavy atom. The maximum atomic E-state index is 13.6. The zero-order valence-electron chi connectivity index (χ0n) is 19.9. The third-order valence-corrected chi connectivity index (χ3v) is 5.74. The summed E-state index contributed by atoms with van der Waals surface area (Å²) in [5.74, 6) is -0.739. The van der Waals surface area contributed by atoms with Crippen LogP contribution in [0, 0.1) is 5.41 Å². The molecule has 0 aromatic heterocycles. The molecule has 5 nitrogen and oxygen atoms in total. The van der Waals surface area contributed by atoms with Crippen LogP contribution in [0.25, 0.3) is 0 Å². The van der Waals surface area contributed by atoms with E-state index in [1.807, 2.05) is 37.4 Å². The van der Waals surface area contributed by atoms with Gasteiger partial charge in [-0.1, -0.05) is 90.1 Å². The van der Waals surface area contributed by atoms with Crippen molar-refractivity contribution in [1.29, 1.82) is 0 Å². The summed E-state index contributed by atoms with van der Waals surface area (Å²) in [4.78, 5) is 15.3. The first-order chi connectivity index (χ1) is 14.6. The number of urea groups is 1. The molecule has 1 heterocycles. The molecule has 0 bridgehead atoms. The molecule has 1 saturated heterocycles. The van der Waals surface area contributed by atoms with Gasteiger partial charge in [0, 0.05) is 18.0 Å². The summed E-state index contributed by atoms with van der Waals surface area (Å²) >= 11 is 0. The summed E-state index contributed by atoms with van der Waals surface area (Å²) in [5.41, 5.74) is 3.88. The quantitative estimate of drug-likeness (QED) is 0.644. The monoisotopic (exact) mass is 424 g/mol. The fourth-order valence-corrected chi connectivity index (χ4v) is 3.87. The van der Waals surface area contributed by atoms with Gasteiger partial charge in [0.05, 0.1) is 18.9 Å². The normalized spacial score (nSPS) is 17.6. The summed E-state index contributed by atoms with van der Waals surface area (Å²) in [5, 5.41) is 3.06. The number of amides is 2. The van der Waals surface area contributed by atoms with Crippen LogP contribution in [0.5, 0.6) is 0 Å². The van der Waals surface area contributed by atoms with Gasteiger partial charge < -0.3 is 9.47 Å². The van der Waals surface area contributed by atoms with E-state index in [4.69, 9.17) is 9.47 Å². The van der Waals surface area contributed by atoms with Gasteiger partial charge in [-0.05, 0) is 23.0 Å². The van der Waals surface area contributed by atoms with Crippen molar-refractivity contribution in [2.45, 2.75) is 59.3 Å². The van der Waals surface area contributed by atoms with Gasteiger partial charge in [-0.25, -0.2) is 4.79 Å². The Bertz CT molecular complexity index is 870. The second kappa shape index (κ2) is 9.01. The Morgan fingerprint density at radius 2 is 1.42 bits per heavy atom. The van der Waals surface area contributed by atoms with Crippen molar-refractivity contribution >= 4 is 11.7 Å². The second-order valence-corrected chi connectivity index (χ2v) is 9.81. The minimum atomic E-state index is -1.31. The molecule has 0 aliphatic carbocycles. The van der Waals surface area contributed by atoms with E-state index in [2.05, 4.69) is 65.1 Å². The number of carbonyl (C=O) groups excluding carboxylic acids is 1. The predicted octanol–water partition coefficient (Wildman–Crippen LogP) is 5.96. The lowest BCUT2D eigenvalue weighted by atomic mass is 9.92. The predicted molar refractivity (Wildman–Crippen MR) is 125 cm³/mol. The topological polar surface area (TPSA) is 50.8 Å². The number of hydrogen-bond acceptors (Lipinski definition) is 3. The van der Waals surface area contributed by atoms with Gasteiger partial charge in [0.25, 0.3) is 5.91 Å². The van der Waals surface area contributed by atoms with Crippen LogP contribution in [0.3, 0.4) is 0 Å². The Kier molecular flexibility index (Phi) is 6.77. The summed E-state index contributed by atoms with van der Waals surface area (Å²) in [6.07, 6.45) is 0. The number of para-hydroxylation sites is 1. The van der Waals surface area contributed by atoms with E-state index in [1.165, 1.54) is 0 Å². The average molecular weight is 425 g/mol. The largest absolute Gasteiger partial charge is 0.328 e. The zero-order chi connectivity index (χ0) is 22.8. The lowest BCUT2D eigenvalue weighted by Gasteiger charge is -2.44. The highest BCUT2D eigenvalue weighted by molar-refractivity contribution is 5.93. The SMILES string of the molecule is CC(C)c1cccc(C(C)C)c1N(C)C(=O)NC1(c2ccccc2)OCC(C)(C)CO1. The van der Waals surface area contributed by atoms with Gasteiger partial charge in [-0.15, -0.1) is 0 Å². The van der Waals surface area contributed by atoms with Crippen molar-refractivity contribution in [3.63, 3.8) is 0 Å². The number of ether oxygens (including phenoxy) is 2. The van der Waals surface area contributed by atoms with Crippen LogP contribution in [0.1, 0.15) is 70.1 Å². The molecular weight excluding hydrogens is 388 g/mol. The molecule has 1 N–H and O–H groups in total. The average Bonchev–Trinajstić information content (AvgIpc) is 2.74. The standard InChI is InChI=1S/C26H36N2O3/c1-18(2)21-14-11-15-22(19(3)4)23(21)28(7)24(29)27-26(20-12-9-8-10-13-20)30-16-25(5,6)17-31-26/h8-15,18-19H,16-17H2,1-7H3,(H,27,29). The Hall–Kier alpha value is -2.37. The van der Waals surface area contributed by atoms with E-state index >= 15 is 0 Å². The molecule has 2 aromatic rings. The number of nitrogens with zero attached hydrogens (tertiary/aromatic N) is 1. The molecule has 2 amide bonds. The van der Waals surface area contributed by atoms with E-state index < -0.39 is 5.91 Å². The number of hydrogen-bond donors (Lipinski definition) is 1. The van der Waals surface area contributed by atoms with E-state index in [0.29, 0.717) is 13.2 Å². The lowest BCUT2D eigenvalue weighted by Crippen LogP contribution is -2.58. The first kappa shape index (κ1) is 23.3. The van der Waals surface area contributed by atoms with Gasteiger partial charge in [0.15, 0.2) is 0 Å². The minimum absolute atomic E-state index is 0.121. The van der Waals surface area contributed by atoms with Gasteiger partial charge in [0.1, 0.15) is 0 Å². The van der Waals surface area contributed by atoms with Crippen molar-refractivity contribution in [3.05, 3.63) is 65.2 Å². The molecule has 1 aliphatic heterocycles. The van der Waals surface area contributed by atoms with Crippen LogP contribution in [0.2, 0.25) is 0 Å². The van der Waals surface area contributed by atoms with Crippen LogP contribution in [-0.2, 0) is 15.4 Å². The molecule has 168 valence electrons. The molecule has 0 radical (unpaired) electrons. The molecule has 1 aliphatic rings. The molecule has 2 aromatic carbocycles. The molecule has 0 unspecified atom stereocenters. The molecule has 1 fully saturated rings. The molecule has 31 heavy (non-hydrogen) atoms. The Labute approximate surface area is 186 Å². The highest BCUT2D eigenvalue weighted by Crippen LogP contribution is 2.37. The van der Waals surface area contributed by atoms with Crippen LogP contribution in [0.4, 0.5) is 10.5 Å². The van der Waals surface area contributed by atoms with Gasteiger partial charge in [-0.3, -0.25) is 10.2 Å². The maximum Gasteiger partial charge on any atom is 0.326 e. The molecule has 0 atom stereocenters. The highest BCUT2D eigenvalue weighted by Gasteiger charge is 2.44. The van der Waals surface area contributed by atoms with Crippen molar-refractivity contribution < 1.29 is 14.3 Å². The van der Waals surface area contributed by atoms with Crippen molar-refractivity contribution in [2.75, 3.05) is 25.2 Å². The number of carbonyl (C=O) groups is 1. The van der Waals surface area contributed by atoms with Crippen LogP contribution in [-0.4, -0.2) is 26.3 Å². The maximum absolute atomic E-state index is 13.6. The number of benzene rings is 2. The van der Waals surface area contributed by atoms with Crippen molar-refractivity contribution in [1.82, 2.24) is 5.32 Å². The fraction of sp³-hybridized carbons (Fsp3) is 0.500. The fourth-order valence-electron chi connectivity index (χ4n) is 3.87. The second-order valence-electron chi connectivity index (χ2n) is 9.81. The Morgan fingerprint density at radius 1 is 0.903 bits per heavy atom. The number of rotatable bonds is 5. The summed E-state index contributed by atoms with van der Waals surface area (Å²) in [6.45, 7) is 13.7. The third-order valence-electron chi connectivity index (χ3n) is 5.74. The van der Waals surface area contributed by atoms with E-state index in [0.717, 1.165) is 22.4 Å². The number of anilines is 1. The number of nitrogens with one attached hydrogen (secondary N) is 1. The smallest absolute Gasteiger partial charge is 0.326 e. The molecule has 0 saturated carbocycles. The zero-order valence-corrected chi connectivity index (χ0v) is 19.9. The van der Waals surface area contributed by atoms with Crippen molar-refractivity contribution in [3.8, 4) is 0 Å². The van der Waals surface area contributed by atoms with E-state index in [1.54, 1.807) is 4.90 Å². The van der Waals surface area contributed by atoms with E-state index in [9.17, 15) is 4.79 Å². The first-order valence-electron chi connectivity index (χ1n) is 11.1. The molecule has 5 heteroatoms. The summed E-state index contributed by atoms with van der Waals surface area (Å²) < 4.78 is 12.4. The van der Waals surface area contributed by atoms with Gasteiger partial charge >= 0.3 is 6.03 Å². The van der Waals surface area contributed by atoms with Crippen LogP contribution < -0.4 is 10.2 Å². The first-order valence-corrected chi connectivity index (χ1v) is 11.1. The summed E-state index contributed by atoms with van der Waals surface area (Å²) in [6, 6.07) is 15.6. The highest BCUT2D eigenvalue weighted by atomic mass is 16.7. The minimum Gasteiger partial charge on any atom is -0.328 e. The van der Waals surface area contributed by atoms with Crippen molar-refractivity contribution in [2.24, 2.45) is 5.41 Å². The third kappa shape index (κ3) is 4.94. The Balaban J connectivity index is 1.97. The lowest BCUT2D eigenvalue weighted by molar-refractivity contribution is -0.317. The van der Waals surface area contributed by atoms with Crippen LogP contribution >= 0.6 is 0 Å². The molecule has 3 rings (SSSR count).